The van der Waals surface area contributed by atoms with Crippen molar-refractivity contribution in [1.82, 2.24) is 10.3 Å². The number of nitrogens with one attached hydrogen (secondary N) is 1. The Kier molecular flexibility index (Phi) is 4.84. The van der Waals surface area contributed by atoms with Crippen molar-refractivity contribution in [2.75, 3.05) is 13.2 Å². The molecule has 0 spiro atoms. The largest absolute Gasteiger partial charge is 0.486 e. The van der Waals surface area contributed by atoms with Gasteiger partial charge in [0.2, 0.25) is 5.91 Å². The summed E-state index contributed by atoms with van der Waals surface area (Å²) in [5.41, 5.74) is 2.83. The zero-order valence-corrected chi connectivity index (χ0v) is 14.9. The molecule has 1 N–H and O–H groups in total. The summed E-state index contributed by atoms with van der Waals surface area (Å²) in [7, 11) is 0. The molecule has 0 fully saturated rings. The number of hydrogen-bond acceptors (Lipinski definition) is 5. The van der Waals surface area contributed by atoms with E-state index in [4.69, 9.17) is 9.47 Å². The Balaban J connectivity index is 1.34. The monoisotopic (exact) mass is 366 g/mol. The summed E-state index contributed by atoms with van der Waals surface area (Å²) >= 11 is 1.55. The molecule has 0 atom stereocenters. The van der Waals surface area contributed by atoms with Crippen LogP contribution in [0.3, 0.4) is 0 Å². The lowest BCUT2D eigenvalue weighted by Gasteiger charge is -2.18. The van der Waals surface area contributed by atoms with Gasteiger partial charge in [-0.05, 0) is 17.7 Å². The molecule has 0 saturated heterocycles. The number of thiazole rings is 1. The molecule has 1 aliphatic heterocycles. The molecular formula is C20H18N2O3S. The molecule has 0 radical (unpaired) electrons. The quantitative estimate of drug-likeness (QED) is 0.751. The van der Waals surface area contributed by atoms with Crippen LogP contribution in [0.25, 0.3) is 10.6 Å². The van der Waals surface area contributed by atoms with Crippen molar-refractivity contribution in [3.63, 3.8) is 0 Å². The van der Waals surface area contributed by atoms with Crippen LogP contribution in [0.5, 0.6) is 11.5 Å². The van der Waals surface area contributed by atoms with E-state index in [-0.39, 0.29) is 12.3 Å². The van der Waals surface area contributed by atoms with Gasteiger partial charge in [-0.1, -0.05) is 36.4 Å². The molecule has 5 nitrogen and oxygen atoms in total. The van der Waals surface area contributed by atoms with Crippen molar-refractivity contribution in [2.24, 2.45) is 0 Å². The predicted molar refractivity (Wildman–Crippen MR) is 101 cm³/mol. The second-order valence-corrected chi connectivity index (χ2v) is 6.80. The molecule has 2 aromatic carbocycles. The van der Waals surface area contributed by atoms with Crippen molar-refractivity contribution in [3.8, 4) is 22.1 Å². The van der Waals surface area contributed by atoms with Gasteiger partial charge >= 0.3 is 0 Å². The molecule has 1 aromatic heterocycles. The second kappa shape index (κ2) is 7.58. The van der Waals surface area contributed by atoms with Gasteiger partial charge in [0.15, 0.2) is 11.5 Å². The van der Waals surface area contributed by atoms with Gasteiger partial charge in [0.1, 0.15) is 18.2 Å². The molecule has 3 aromatic rings. The van der Waals surface area contributed by atoms with Gasteiger partial charge in [-0.3, -0.25) is 4.79 Å². The Hall–Kier alpha value is -2.86. The number of amides is 1. The first-order valence-corrected chi connectivity index (χ1v) is 9.31. The zero-order chi connectivity index (χ0) is 17.8. The molecule has 0 bridgehead atoms. The molecule has 26 heavy (non-hydrogen) atoms. The van der Waals surface area contributed by atoms with Crippen molar-refractivity contribution in [2.45, 2.75) is 13.0 Å². The van der Waals surface area contributed by atoms with E-state index < -0.39 is 0 Å². The predicted octanol–water partition coefficient (Wildman–Crippen LogP) is 3.44. The molecule has 1 amide bonds. The fourth-order valence-electron chi connectivity index (χ4n) is 2.73. The minimum atomic E-state index is -0.0511. The second-order valence-electron chi connectivity index (χ2n) is 5.94. The van der Waals surface area contributed by atoms with Crippen molar-refractivity contribution in [1.29, 1.82) is 0 Å². The van der Waals surface area contributed by atoms with E-state index in [2.05, 4.69) is 10.3 Å². The maximum absolute atomic E-state index is 12.2. The van der Waals surface area contributed by atoms with Crippen LogP contribution in [0.2, 0.25) is 0 Å². The molecule has 0 saturated carbocycles. The summed E-state index contributed by atoms with van der Waals surface area (Å²) in [6.07, 6.45) is 0.272. The number of hydrogen-bond donors (Lipinski definition) is 1. The average molecular weight is 366 g/mol. The van der Waals surface area contributed by atoms with Gasteiger partial charge in [0.25, 0.3) is 0 Å². The van der Waals surface area contributed by atoms with Crippen LogP contribution < -0.4 is 14.8 Å². The van der Waals surface area contributed by atoms with E-state index in [1.165, 1.54) is 0 Å². The minimum absolute atomic E-state index is 0.0511. The number of carbonyl (C=O) groups excluding carboxylic acids is 1. The minimum Gasteiger partial charge on any atom is -0.486 e. The van der Waals surface area contributed by atoms with Crippen molar-refractivity contribution >= 4 is 17.2 Å². The Morgan fingerprint density at radius 3 is 2.73 bits per heavy atom. The third-order valence-electron chi connectivity index (χ3n) is 4.01. The topological polar surface area (TPSA) is 60.5 Å². The van der Waals surface area contributed by atoms with Crippen LogP contribution in [-0.4, -0.2) is 24.1 Å². The maximum atomic E-state index is 12.2. The van der Waals surface area contributed by atoms with E-state index in [1.54, 1.807) is 11.3 Å². The molecular weight excluding hydrogens is 348 g/mol. The summed E-state index contributed by atoms with van der Waals surface area (Å²) < 4.78 is 11.1. The molecule has 132 valence electrons. The van der Waals surface area contributed by atoms with Gasteiger partial charge in [-0.2, -0.15) is 0 Å². The van der Waals surface area contributed by atoms with E-state index in [0.29, 0.717) is 19.8 Å². The fourth-order valence-corrected chi connectivity index (χ4v) is 3.55. The molecule has 0 unspecified atom stereocenters. The van der Waals surface area contributed by atoms with Crippen molar-refractivity contribution < 1.29 is 14.3 Å². The first-order valence-electron chi connectivity index (χ1n) is 8.43. The van der Waals surface area contributed by atoms with Crippen LogP contribution in [0.4, 0.5) is 0 Å². The first-order chi connectivity index (χ1) is 12.8. The Morgan fingerprint density at radius 1 is 1.08 bits per heavy atom. The van der Waals surface area contributed by atoms with Crippen LogP contribution in [0, 0.1) is 0 Å². The number of nitrogens with zero attached hydrogens (tertiary/aromatic N) is 1. The van der Waals surface area contributed by atoms with Gasteiger partial charge in [-0.15, -0.1) is 11.3 Å². The maximum Gasteiger partial charge on any atom is 0.226 e. The highest BCUT2D eigenvalue weighted by Crippen LogP contribution is 2.30. The molecule has 1 aliphatic rings. The molecule has 0 aliphatic carbocycles. The lowest BCUT2D eigenvalue weighted by atomic mass is 10.2. The standard InChI is InChI=1S/C20H18N2O3S/c23-19(11-16-13-26-20(22-16)15-4-2-1-3-5-15)21-12-14-6-7-17-18(10-14)25-9-8-24-17/h1-7,10,13H,8-9,11-12H2,(H,21,23). The highest BCUT2D eigenvalue weighted by atomic mass is 32.1. The molecule has 6 heteroatoms. The third kappa shape index (κ3) is 3.86. The van der Waals surface area contributed by atoms with Crippen LogP contribution in [-0.2, 0) is 17.8 Å². The van der Waals surface area contributed by atoms with Crippen LogP contribution in [0.1, 0.15) is 11.3 Å². The average Bonchev–Trinajstić information content (AvgIpc) is 3.15. The van der Waals surface area contributed by atoms with E-state index in [1.807, 2.05) is 53.9 Å². The number of ether oxygens (including phenoxy) is 2. The highest BCUT2D eigenvalue weighted by molar-refractivity contribution is 7.13. The number of carbonyl (C=O) groups is 1. The SMILES string of the molecule is O=C(Cc1csc(-c2ccccc2)n1)NCc1ccc2c(c1)OCCO2. The number of benzene rings is 2. The van der Waals surface area contributed by atoms with E-state index >= 15 is 0 Å². The Labute approximate surface area is 155 Å². The normalized spacial score (nSPS) is 12.6. The summed E-state index contributed by atoms with van der Waals surface area (Å²) in [6.45, 7) is 1.57. The summed E-state index contributed by atoms with van der Waals surface area (Å²) in [5.74, 6) is 1.43. The van der Waals surface area contributed by atoms with E-state index in [9.17, 15) is 4.79 Å². The number of aromatic nitrogens is 1. The molecule has 4 rings (SSSR count). The summed E-state index contributed by atoms with van der Waals surface area (Å²) in [5, 5.41) is 5.80. The highest BCUT2D eigenvalue weighted by Gasteiger charge is 2.13. The van der Waals surface area contributed by atoms with Gasteiger partial charge < -0.3 is 14.8 Å². The Morgan fingerprint density at radius 2 is 1.88 bits per heavy atom. The van der Waals surface area contributed by atoms with E-state index in [0.717, 1.165) is 33.3 Å². The Bertz CT molecular complexity index is 908. The lowest BCUT2D eigenvalue weighted by Crippen LogP contribution is -2.24. The molecule has 2 heterocycles. The van der Waals surface area contributed by atoms with Crippen molar-refractivity contribution in [3.05, 3.63) is 65.2 Å². The number of rotatable bonds is 5. The van der Waals surface area contributed by atoms with Gasteiger partial charge in [0, 0.05) is 17.5 Å². The van der Waals surface area contributed by atoms with Gasteiger partial charge in [0.05, 0.1) is 12.1 Å². The smallest absolute Gasteiger partial charge is 0.226 e. The summed E-state index contributed by atoms with van der Waals surface area (Å²) in [4.78, 5) is 16.8. The van der Waals surface area contributed by atoms with Crippen LogP contribution in [0.15, 0.2) is 53.9 Å². The number of fused-ring (bicyclic) bond motifs is 1. The third-order valence-corrected chi connectivity index (χ3v) is 4.95. The summed E-state index contributed by atoms with van der Waals surface area (Å²) in [6, 6.07) is 15.7. The lowest BCUT2D eigenvalue weighted by molar-refractivity contribution is -0.120. The van der Waals surface area contributed by atoms with Gasteiger partial charge in [-0.25, -0.2) is 4.98 Å². The van der Waals surface area contributed by atoms with Crippen LogP contribution >= 0.6 is 11.3 Å². The fraction of sp³-hybridized carbons (Fsp3) is 0.200. The first kappa shape index (κ1) is 16.6. The zero-order valence-electron chi connectivity index (χ0n) is 14.1.